The Morgan fingerprint density at radius 3 is 2.91 bits per heavy atom. The van der Waals surface area contributed by atoms with Gasteiger partial charge >= 0.3 is 0 Å². The van der Waals surface area contributed by atoms with Crippen LogP contribution in [0.4, 0.5) is 0 Å². The Hall–Kier alpha value is -1.72. The van der Waals surface area contributed by atoms with Crippen LogP contribution in [-0.4, -0.2) is 28.4 Å². The molecule has 0 bridgehead atoms. The zero-order chi connectivity index (χ0) is 15.4. The first-order valence-electron chi connectivity index (χ1n) is 7.73. The van der Waals surface area contributed by atoms with Crippen LogP contribution in [0.15, 0.2) is 35.7 Å². The number of aromatic nitrogens is 1. The average Bonchev–Trinajstić information content (AvgIpc) is 2.96. The van der Waals surface area contributed by atoms with Gasteiger partial charge in [-0.2, -0.15) is 0 Å². The summed E-state index contributed by atoms with van der Waals surface area (Å²) in [5.74, 6) is -0.209. The summed E-state index contributed by atoms with van der Waals surface area (Å²) < 4.78 is 0. The highest BCUT2D eigenvalue weighted by molar-refractivity contribution is 7.09. The van der Waals surface area contributed by atoms with E-state index in [-0.39, 0.29) is 11.9 Å². The second-order valence-electron chi connectivity index (χ2n) is 5.78. The van der Waals surface area contributed by atoms with Crippen molar-refractivity contribution in [2.75, 3.05) is 6.54 Å². The van der Waals surface area contributed by atoms with Gasteiger partial charge in [0.1, 0.15) is 0 Å². The molecule has 1 saturated heterocycles. The molecule has 1 aliphatic rings. The second kappa shape index (κ2) is 7.03. The number of nitrogens with two attached hydrogens (primary N) is 1. The van der Waals surface area contributed by atoms with E-state index in [2.05, 4.69) is 34.5 Å². The predicted molar refractivity (Wildman–Crippen MR) is 88.6 cm³/mol. The van der Waals surface area contributed by atoms with Crippen molar-refractivity contribution in [3.8, 4) is 0 Å². The highest BCUT2D eigenvalue weighted by Crippen LogP contribution is 2.21. The molecule has 0 aliphatic carbocycles. The van der Waals surface area contributed by atoms with Crippen molar-refractivity contribution in [1.29, 1.82) is 0 Å². The fraction of sp³-hybridized carbons (Fsp3) is 0.412. The van der Waals surface area contributed by atoms with Gasteiger partial charge in [-0.1, -0.05) is 36.8 Å². The maximum Gasteiger partial charge on any atom is 0.234 e. The Kier molecular flexibility index (Phi) is 4.85. The molecule has 2 aromatic rings. The van der Waals surface area contributed by atoms with Crippen LogP contribution in [0, 0.1) is 0 Å². The van der Waals surface area contributed by atoms with Gasteiger partial charge in [-0.05, 0) is 24.9 Å². The molecule has 1 aromatic heterocycles. The molecule has 4 nitrogen and oxygen atoms in total. The molecule has 2 heterocycles. The van der Waals surface area contributed by atoms with Crippen LogP contribution in [0.1, 0.15) is 35.5 Å². The number of hydrogen-bond donors (Lipinski definition) is 1. The normalized spacial score (nSPS) is 19.2. The molecule has 1 aliphatic heterocycles. The number of thiazole rings is 1. The largest absolute Gasteiger partial charge is 0.368 e. The van der Waals surface area contributed by atoms with E-state index >= 15 is 0 Å². The maximum absolute atomic E-state index is 11.6. The lowest BCUT2D eigenvalue weighted by Gasteiger charge is -2.32. The van der Waals surface area contributed by atoms with Gasteiger partial charge in [0.15, 0.2) is 0 Å². The molecule has 116 valence electrons. The average molecular weight is 315 g/mol. The number of hydrogen-bond acceptors (Lipinski definition) is 4. The predicted octanol–water partition coefficient (Wildman–Crippen LogP) is 2.57. The fourth-order valence-electron chi connectivity index (χ4n) is 2.98. The van der Waals surface area contributed by atoms with Crippen molar-refractivity contribution in [3.63, 3.8) is 0 Å². The van der Waals surface area contributed by atoms with Gasteiger partial charge in [-0.25, -0.2) is 4.98 Å². The lowest BCUT2D eigenvalue weighted by Crippen LogP contribution is -2.47. The standard InChI is InChI=1S/C17H21N3OS/c18-17(21)15-8-4-5-9-20(15)11-14-12-22-16(19-14)10-13-6-2-1-3-7-13/h1-3,6-7,12,15H,4-5,8-11H2,(H2,18,21)/t15-/m1/s1. The first-order valence-corrected chi connectivity index (χ1v) is 8.61. The van der Waals surface area contributed by atoms with Crippen LogP contribution < -0.4 is 5.73 Å². The minimum atomic E-state index is -0.209. The summed E-state index contributed by atoms with van der Waals surface area (Å²) in [7, 11) is 0. The number of amides is 1. The first kappa shape index (κ1) is 15.2. The zero-order valence-corrected chi connectivity index (χ0v) is 13.4. The van der Waals surface area contributed by atoms with Crippen LogP contribution in [0.2, 0.25) is 0 Å². The number of nitrogens with zero attached hydrogens (tertiary/aromatic N) is 2. The third-order valence-corrected chi connectivity index (χ3v) is 5.00. The minimum Gasteiger partial charge on any atom is -0.368 e. The van der Waals surface area contributed by atoms with E-state index in [1.165, 1.54) is 5.56 Å². The summed E-state index contributed by atoms with van der Waals surface area (Å²) in [5, 5.41) is 3.22. The van der Waals surface area contributed by atoms with Gasteiger partial charge in [-0.3, -0.25) is 9.69 Å². The van der Waals surface area contributed by atoms with Crippen LogP contribution in [-0.2, 0) is 17.8 Å². The second-order valence-corrected chi connectivity index (χ2v) is 6.72. The number of likely N-dealkylation sites (tertiary alicyclic amines) is 1. The molecule has 22 heavy (non-hydrogen) atoms. The third kappa shape index (κ3) is 3.72. The quantitative estimate of drug-likeness (QED) is 0.922. The Bertz CT molecular complexity index is 626. The number of carbonyl (C=O) groups excluding carboxylic acids is 1. The SMILES string of the molecule is NC(=O)[C@H]1CCCCN1Cc1csc(Cc2ccccc2)n1. The highest BCUT2D eigenvalue weighted by Gasteiger charge is 2.27. The Morgan fingerprint density at radius 1 is 1.32 bits per heavy atom. The highest BCUT2D eigenvalue weighted by atomic mass is 32.1. The maximum atomic E-state index is 11.6. The molecule has 1 aromatic carbocycles. The molecule has 1 atom stereocenters. The van der Waals surface area contributed by atoms with Crippen LogP contribution in [0.5, 0.6) is 0 Å². The summed E-state index contributed by atoms with van der Waals surface area (Å²) in [5.41, 5.74) is 7.84. The summed E-state index contributed by atoms with van der Waals surface area (Å²) in [6.07, 6.45) is 3.95. The molecular formula is C17H21N3OS. The molecular weight excluding hydrogens is 294 g/mol. The Labute approximate surface area is 135 Å². The van der Waals surface area contributed by atoms with Gasteiger partial charge in [-0.15, -0.1) is 11.3 Å². The zero-order valence-electron chi connectivity index (χ0n) is 12.6. The molecule has 1 fully saturated rings. The summed E-state index contributed by atoms with van der Waals surface area (Å²) in [4.78, 5) is 18.5. The van der Waals surface area contributed by atoms with E-state index in [0.29, 0.717) is 0 Å². The monoisotopic (exact) mass is 315 g/mol. The van der Waals surface area contributed by atoms with Crippen molar-refractivity contribution in [1.82, 2.24) is 9.88 Å². The number of rotatable bonds is 5. The van der Waals surface area contributed by atoms with Crippen molar-refractivity contribution in [3.05, 3.63) is 52.0 Å². The molecule has 0 radical (unpaired) electrons. The molecule has 5 heteroatoms. The summed E-state index contributed by atoms with van der Waals surface area (Å²) >= 11 is 1.69. The smallest absolute Gasteiger partial charge is 0.234 e. The number of carbonyl (C=O) groups is 1. The topological polar surface area (TPSA) is 59.2 Å². The van der Waals surface area contributed by atoms with Gasteiger partial charge in [0.2, 0.25) is 5.91 Å². The van der Waals surface area contributed by atoms with Crippen LogP contribution in [0.25, 0.3) is 0 Å². The van der Waals surface area contributed by atoms with Gasteiger partial charge < -0.3 is 5.73 Å². The molecule has 0 spiro atoms. The van der Waals surface area contributed by atoms with E-state index in [1.807, 2.05) is 6.07 Å². The van der Waals surface area contributed by atoms with Gasteiger partial charge in [0.05, 0.1) is 16.7 Å². The lowest BCUT2D eigenvalue weighted by atomic mass is 10.0. The summed E-state index contributed by atoms with van der Waals surface area (Å²) in [6.45, 7) is 1.65. The van der Waals surface area contributed by atoms with Crippen LogP contribution >= 0.6 is 11.3 Å². The molecule has 2 N–H and O–H groups in total. The van der Waals surface area contributed by atoms with Crippen molar-refractivity contribution in [2.24, 2.45) is 5.73 Å². The molecule has 0 saturated carbocycles. The lowest BCUT2D eigenvalue weighted by molar-refractivity contribution is -0.124. The molecule has 0 unspecified atom stereocenters. The van der Waals surface area contributed by atoms with E-state index in [9.17, 15) is 4.79 Å². The fourth-order valence-corrected chi connectivity index (χ4v) is 3.80. The van der Waals surface area contributed by atoms with E-state index < -0.39 is 0 Å². The number of piperidine rings is 1. The van der Waals surface area contributed by atoms with Crippen molar-refractivity contribution < 1.29 is 4.79 Å². The Balaban J connectivity index is 1.65. The Morgan fingerprint density at radius 2 is 2.14 bits per heavy atom. The minimum absolute atomic E-state index is 0.131. The van der Waals surface area contributed by atoms with E-state index in [4.69, 9.17) is 10.7 Å². The van der Waals surface area contributed by atoms with Gasteiger partial charge in [0, 0.05) is 18.3 Å². The number of benzene rings is 1. The molecule has 1 amide bonds. The summed E-state index contributed by atoms with van der Waals surface area (Å²) in [6, 6.07) is 10.2. The molecule has 3 rings (SSSR count). The van der Waals surface area contributed by atoms with Crippen molar-refractivity contribution in [2.45, 2.75) is 38.3 Å². The van der Waals surface area contributed by atoms with E-state index in [0.717, 1.165) is 49.5 Å². The van der Waals surface area contributed by atoms with Crippen LogP contribution in [0.3, 0.4) is 0 Å². The van der Waals surface area contributed by atoms with E-state index in [1.54, 1.807) is 11.3 Å². The third-order valence-electron chi connectivity index (χ3n) is 4.10. The first-order chi connectivity index (χ1) is 10.7. The number of primary amides is 1. The van der Waals surface area contributed by atoms with Crippen molar-refractivity contribution >= 4 is 17.2 Å². The van der Waals surface area contributed by atoms with Gasteiger partial charge in [0.25, 0.3) is 0 Å².